The van der Waals surface area contributed by atoms with Crippen LogP contribution in [0.25, 0.3) is 0 Å². The van der Waals surface area contributed by atoms with Crippen LogP contribution in [0.2, 0.25) is 0 Å². The average molecular weight is 335 g/mol. The van der Waals surface area contributed by atoms with Crippen LogP contribution in [0.15, 0.2) is 29.2 Å². The predicted octanol–water partition coefficient (Wildman–Crippen LogP) is 2.93. The molecule has 0 aromatic heterocycles. The molecule has 0 aliphatic carbocycles. The van der Waals surface area contributed by atoms with Gasteiger partial charge in [-0.2, -0.15) is 13.2 Å². The van der Waals surface area contributed by atoms with Crippen LogP contribution in [0.3, 0.4) is 0 Å². The molecular weight excluding hydrogens is 328 g/mol. The predicted molar refractivity (Wildman–Crippen MR) is 57.2 cm³/mol. The maximum Gasteiger partial charge on any atom is 0.402 e. The summed E-state index contributed by atoms with van der Waals surface area (Å²) in [7, 11) is -4.17. The first kappa shape index (κ1) is 14.4. The molecule has 0 aliphatic rings. The van der Waals surface area contributed by atoms with Gasteiger partial charge in [-0.15, -0.1) is 0 Å². The lowest BCUT2D eigenvalue weighted by atomic mass is 10.4. The van der Waals surface area contributed by atoms with Gasteiger partial charge in [0.15, 0.2) is 9.84 Å². The van der Waals surface area contributed by atoms with Crippen molar-refractivity contribution in [3.05, 3.63) is 30.1 Å². The Labute approximate surface area is 104 Å². The van der Waals surface area contributed by atoms with E-state index in [0.717, 1.165) is 18.2 Å². The Kier molecular flexibility index (Phi) is 4.19. The van der Waals surface area contributed by atoms with Crippen LogP contribution >= 0.6 is 15.9 Å². The fraction of sp³-hybridized carbons (Fsp3) is 0.333. The van der Waals surface area contributed by atoms with Gasteiger partial charge in [0.25, 0.3) is 0 Å². The zero-order valence-electron chi connectivity index (χ0n) is 8.21. The summed E-state index contributed by atoms with van der Waals surface area (Å²) in [6.07, 6.45) is -4.67. The molecule has 1 atom stereocenters. The summed E-state index contributed by atoms with van der Waals surface area (Å²) in [5.41, 5.74) is 0. The van der Waals surface area contributed by atoms with E-state index in [2.05, 4.69) is 15.9 Å². The van der Waals surface area contributed by atoms with E-state index >= 15 is 0 Å². The standard InChI is InChI=1S/C9H7BrF4O2S/c10-8(9(12,13)14)5-17(15,16)7-3-1-2-6(11)4-7/h1-4,8H,5H2. The zero-order chi connectivity index (χ0) is 13.3. The first-order valence-corrected chi connectivity index (χ1v) is 6.89. The molecule has 1 rings (SSSR count). The van der Waals surface area contributed by atoms with Crippen molar-refractivity contribution in [3.8, 4) is 0 Å². The normalized spacial score (nSPS) is 14.6. The van der Waals surface area contributed by atoms with Crippen LogP contribution in [0.5, 0.6) is 0 Å². The van der Waals surface area contributed by atoms with Gasteiger partial charge in [-0.05, 0) is 18.2 Å². The van der Waals surface area contributed by atoms with Crippen LogP contribution in [-0.4, -0.2) is 25.2 Å². The quantitative estimate of drug-likeness (QED) is 0.629. The smallest absolute Gasteiger partial charge is 0.224 e. The fourth-order valence-electron chi connectivity index (χ4n) is 1.04. The van der Waals surface area contributed by atoms with E-state index in [1.54, 1.807) is 0 Å². The van der Waals surface area contributed by atoms with Crippen molar-refractivity contribution in [2.75, 3.05) is 5.75 Å². The molecule has 0 bridgehead atoms. The highest BCUT2D eigenvalue weighted by atomic mass is 79.9. The Hall–Kier alpha value is -0.630. The van der Waals surface area contributed by atoms with Crippen LogP contribution in [0.1, 0.15) is 0 Å². The van der Waals surface area contributed by atoms with Gasteiger partial charge in [-0.3, -0.25) is 0 Å². The maximum absolute atomic E-state index is 12.8. The minimum atomic E-state index is -4.67. The lowest BCUT2D eigenvalue weighted by Gasteiger charge is -2.14. The monoisotopic (exact) mass is 334 g/mol. The van der Waals surface area contributed by atoms with Gasteiger partial charge in [0.1, 0.15) is 10.6 Å². The summed E-state index contributed by atoms with van der Waals surface area (Å²) in [6.45, 7) is 0. The second-order valence-electron chi connectivity index (χ2n) is 3.25. The van der Waals surface area contributed by atoms with E-state index < -0.39 is 37.3 Å². The summed E-state index contributed by atoms with van der Waals surface area (Å²) in [5.74, 6) is -1.98. The Morgan fingerprint density at radius 2 is 1.88 bits per heavy atom. The molecule has 0 radical (unpaired) electrons. The molecule has 0 saturated carbocycles. The van der Waals surface area contributed by atoms with Crippen LogP contribution in [0.4, 0.5) is 17.6 Å². The van der Waals surface area contributed by atoms with E-state index in [1.807, 2.05) is 0 Å². The highest BCUT2D eigenvalue weighted by molar-refractivity contribution is 9.09. The molecule has 0 fully saturated rings. The van der Waals surface area contributed by atoms with Crippen molar-refractivity contribution in [3.63, 3.8) is 0 Å². The first-order chi connectivity index (χ1) is 7.63. The van der Waals surface area contributed by atoms with Gasteiger partial charge in [0.05, 0.1) is 10.6 Å². The number of rotatable bonds is 3. The topological polar surface area (TPSA) is 34.1 Å². The van der Waals surface area contributed by atoms with Gasteiger partial charge in [0.2, 0.25) is 0 Å². The average Bonchev–Trinajstić information content (AvgIpc) is 2.15. The lowest BCUT2D eigenvalue weighted by Crippen LogP contribution is -2.30. The van der Waals surface area contributed by atoms with Gasteiger partial charge < -0.3 is 0 Å². The molecule has 0 N–H and O–H groups in total. The van der Waals surface area contributed by atoms with Crippen LogP contribution < -0.4 is 0 Å². The number of halogens is 5. The first-order valence-electron chi connectivity index (χ1n) is 4.32. The van der Waals surface area contributed by atoms with E-state index in [0.29, 0.717) is 6.07 Å². The van der Waals surface area contributed by atoms with Crippen molar-refractivity contribution >= 4 is 25.8 Å². The Balaban J connectivity index is 2.98. The number of sulfone groups is 1. The molecule has 0 spiro atoms. The lowest BCUT2D eigenvalue weighted by molar-refractivity contribution is -0.123. The second kappa shape index (κ2) is 4.93. The highest BCUT2D eigenvalue weighted by Gasteiger charge is 2.40. The molecule has 8 heteroatoms. The van der Waals surface area contributed by atoms with Crippen molar-refractivity contribution in [2.45, 2.75) is 15.9 Å². The van der Waals surface area contributed by atoms with Crippen LogP contribution in [0, 0.1) is 5.82 Å². The van der Waals surface area contributed by atoms with Crippen molar-refractivity contribution in [2.24, 2.45) is 0 Å². The third kappa shape index (κ3) is 3.95. The second-order valence-corrected chi connectivity index (χ2v) is 6.39. The van der Waals surface area contributed by atoms with Gasteiger partial charge in [-0.25, -0.2) is 12.8 Å². The summed E-state index contributed by atoms with van der Waals surface area (Å²) >= 11 is 2.25. The molecule has 1 aromatic rings. The molecule has 1 unspecified atom stereocenters. The molecule has 0 aliphatic heterocycles. The van der Waals surface area contributed by atoms with Gasteiger partial charge >= 0.3 is 6.18 Å². The minimum absolute atomic E-state index is 0.466. The molecular formula is C9H7BrF4O2S. The molecule has 0 heterocycles. The molecule has 2 nitrogen and oxygen atoms in total. The number of benzene rings is 1. The third-order valence-corrected chi connectivity index (χ3v) is 4.89. The van der Waals surface area contributed by atoms with Crippen LogP contribution in [-0.2, 0) is 9.84 Å². The molecule has 1 aromatic carbocycles. The largest absolute Gasteiger partial charge is 0.402 e. The molecule has 17 heavy (non-hydrogen) atoms. The Morgan fingerprint density at radius 1 is 1.29 bits per heavy atom. The Morgan fingerprint density at radius 3 is 2.35 bits per heavy atom. The van der Waals surface area contributed by atoms with Crippen molar-refractivity contribution < 1.29 is 26.0 Å². The number of hydrogen-bond donors (Lipinski definition) is 0. The minimum Gasteiger partial charge on any atom is -0.224 e. The van der Waals surface area contributed by atoms with E-state index in [1.165, 1.54) is 0 Å². The van der Waals surface area contributed by atoms with Gasteiger partial charge in [-0.1, -0.05) is 22.0 Å². The summed E-state index contributed by atoms with van der Waals surface area (Å²) < 4.78 is 72.4. The van der Waals surface area contributed by atoms with Crippen molar-refractivity contribution in [1.29, 1.82) is 0 Å². The molecule has 0 amide bonds. The number of alkyl halides is 4. The van der Waals surface area contributed by atoms with E-state index in [9.17, 15) is 26.0 Å². The molecule has 0 saturated heterocycles. The summed E-state index contributed by atoms with van der Waals surface area (Å²) in [4.78, 5) is -2.64. The highest BCUT2D eigenvalue weighted by Crippen LogP contribution is 2.29. The van der Waals surface area contributed by atoms with Gasteiger partial charge in [0, 0.05) is 0 Å². The van der Waals surface area contributed by atoms with E-state index in [4.69, 9.17) is 0 Å². The summed E-state index contributed by atoms with van der Waals surface area (Å²) in [5, 5.41) is 0. The fourth-order valence-corrected chi connectivity index (χ4v) is 3.43. The third-order valence-electron chi connectivity index (χ3n) is 1.88. The zero-order valence-corrected chi connectivity index (χ0v) is 10.6. The Bertz CT molecular complexity index is 498. The maximum atomic E-state index is 12.8. The van der Waals surface area contributed by atoms with E-state index in [-0.39, 0.29) is 0 Å². The molecule has 96 valence electrons. The summed E-state index contributed by atoms with van der Waals surface area (Å²) in [6, 6.07) is 3.87. The van der Waals surface area contributed by atoms with Crippen molar-refractivity contribution in [1.82, 2.24) is 0 Å². The SMILES string of the molecule is O=S(=O)(CC(Br)C(F)(F)F)c1cccc(F)c1. The number of hydrogen-bond acceptors (Lipinski definition) is 2.